The highest BCUT2D eigenvalue weighted by molar-refractivity contribution is 7.91. The Morgan fingerprint density at radius 1 is 1.25 bits per heavy atom. The van der Waals surface area contributed by atoms with Crippen LogP contribution in [0.1, 0.15) is 25.3 Å². The lowest BCUT2D eigenvalue weighted by Gasteiger charge is -2.17. The molecule has 114 valence electrons. The van der Waals surface area contributed by atoms with Crippen LogP contribution >= 0.6 is 0 Å². The van der Waals surface area contributed by atoms with E-state index in [-0.39, 0.29) is 23.2 Å². The van der Waals surface area contributed by atoms with Gasteiger partial charge in [0.05, 0.1) is 5.75 Å². The highest BCUT2D eigenvalue weighted by atomic mass is 32.2. The number of halogens is 1. The van der Waals surface area contributed by atoms with Crippen LogP contribution in [0.15, 0.2) is 24.3 Å². The number of benzene rings is 1. The number of sulfone groups is 1. The van der Waals surface area contributed by atoms with Gasteiger partial charge in [-0.3, -0.25) is 0 Å². The second-order valence-corrected chi connectivity index (χ2v) is 7.46. The molecule has 0 amide bonds. The average Bonchev–Trinajstić information content (AvgIpc) is 2.39. The minimum atomic E-state index is -2.97. The molecule has 1 N–H and O–H groups in total. The quantitative estimate of drug-likeness (QED) is 0.762. The zero-order valence-corrected chi connectivity index (χ0v) is 13.0. The highest BCUT2D eigenvalue weighted by Gasteiger charge is 2.16. The summed E-state index contributed by atoms with van der Waals surface area (Å²) in [5.41, 5.74) is 0.653. The van der Waals surface area contributed by atoms with Crippen LogP contribution in [0.4, 0.5) is 4.39 Å². The van der Waals surface area contributed by atoms with Gasteiger partial charge in [-0.15, -0.1) is 0 Å². The standard InChI is InChI=1S/C15H24FNO2S/c1-3-9-20(18,19)10-8-13(12-17-2)11-14-6-4-5-7-15(14)16/h4-7,13,17H,3,8-12H2,1-2H3. The molecule has 1 aromatic rings. The molecule has 1 rings (SSSR count). The van der Waals surface area contributed by atoms with Crippen LogP contribution < -0.4 is 5.32 Å². The molecule has 0 fully saturated rings. The Bertz CT molecular complexity index is 502. The first-order chi connectivity index (χ1) is 9.48. The molecule has 0 saturated heterocycles. The maximum absolute atomic E-state index is 13.6. The lowest BCUT2D eigenvalue weighted by Crippen LogP contribution is -2.24. The molecule has 5 heteroatoms. The van der Waals surface area contributed by atoms with Gasteiger partial charge in [0.25, 0.3) is 0 Å². The van der Waals surface area contributed by atoms with Crippen molar-refractivity contribution >= 4 is 9.84 Å². The molecule has 1 atom stereocenters. The fraction of sp³-hybridized carbons (Fsp3) is 0.600. The predicted molar refractivity (Wildman–Crippen MR) is 81.1 cm³/mol. The molecule has 0 saturated carbocycles. The summed E-state index contributed by atoms with van der Waals surface area (Å²) in [6.07, 6.45) is 1.78. The molecule has 0 aliphatic rings. The Morgan fingerprint density at radius 3 is 2.55 bits per heavy atom. The minimum absolute atomic E-state index is 0.128. The molecule has 0 radical (unpaired) electrons. The van der Waals surface area contributed by atoms with Gasteiger partial charge in [0, 0.05) is 5.75 Å². The van der Waals surface area contributed by atoms with Crippen LogP contribution in [-0.2, 0) is 16.3 Å². The van der Waals surface area contributed by atoms with E-state index < -0.39 is 9.84 Å². The Labute approximate surface area is 121 Å². The second kappa shape index (κ2) is 8.37. The number of nitrogens with one attached hydrogen (secondary N) is 1. The summed E-state index contributed by atoms with van der Waals surface area (Å²) in [5, 5.41) is 3.06. The third-order valence-corrected chi connectivity index (χ3v) is 5.20. The van der Waals surface area contributed by atoms with Crippen LogP contribution in [0.3, 0.4) is 0 Å². The van der Waals surface area contributed by atoms with Crippen LogP contribution in [0.2, 0.25) is 0 Å². The van der Waals surface area contributed by atoms with Gasteiger partial charge in [0.1, 0.15) is 15.7 Å². The van der Waals surface area contributed by atoms with Crippen molar-refractivity contribution < 1.29 is 12.8 Å². The first kappa shape index (κ1) is 17.1. The van der Waals surface area contributed by atoms with E-state index in [0.29, 0.717) is 31.4 Å². The number of hydrogen-bond acceptors (Lipinski definition) is 3. The van der Waals surface area contributed by atoms with E-state index in [2.05, 4.69) is 5.32 Å². The average molecular weight is 301 g/mol. The first-order valence-electron chi connectivity index (χ1n) is 7.07. The molecule has 0 aliphatic carbocycles. The normalized spacial score (nSPS) is 13.3. The van der Waals surface area contributed by atoms with Gasteiger partial charge < -0.3 is 5.32 Å². The molecule has 20 heavy (non-hydrogen) atoms. The Kier molecular flexibility index (Phi) is 7.16. The summed E-state index contributed by atoms with van der Waals surface area (Å²) in [4.78, 5) is 0. The topological polar surface area (TPSA) is 46.2 Å². The van der Waals surface area contributed by atoms with Gasteiger partial charge in [0.2, 0.25) is 0 Å². The second-order valence-electron chi connectivity index (χ2n) is 5.16. The van der Waals surface area contributed by atoms with Crippen LogP contribution in [0, 0.1) is 11.7 Å². The molecule has 0 bridgehead atoms. The summed E-state index contributed by atoms with van der Waals surface area (Å²) < 4.78 is 37.2. The first-order valence-corrected chi connectivity index (χ1v) is 8.89. The lowest BCUT2D eigenvalue weighted by atomic mass is 9.96. The molecular formula is C15H24FNO2S. The molecule has 0 aromatic heterocycles. The zero-order valence-electron chi connectivity index (χ0n) is 12.2. The van der Waals surface area contributed by atoms with Crippen molar-refractivity contribution in [3.05, 3.63) is 35.6 Å². The van der Waals surface area contributed by atoms with Crippen LogP contribution in [-0.4, -0.2) is 33.5 Å². The molecule has 1 aromatic carbocycles. The number of rotatable bonds is 9. The van der Waals surface area contributed by atoms with Gasteiger partial charge >= 0.3 is 0 Å². The minimum Gasteiger partial charge on any atom is -0.319 e. The molecule has 1 unspecified atom stereocenters. The van der Waals surface area contributed by atoms with E-state index in [1.165, 1.54) is 6.07 Å². The van der Waals surface area contributed by atoms with E-state index >= 15 is 0 Å². The molecule has 0 heterocycles. The Hall–Kier alpha value is -0.940. The fourth-order valence-corrected chi connectivity index (χ4v) is 3.82. The van der Waals surface area contributed by atoms with Gasteiger partial charge in [0.15, 0.2) is 0 Å². The van der Waals surface area contributed by atoms with Crippen molar-refractivity contribution in [1.82, 2.24) is 5.32 Å². The van der Waals surface area contributed by atoms with Crippen molar-refractivity contribution in [3.63, 3.8) is 0 Å². The Balaban J connectivity index is 2.63. The monoisotopic (exact) mass is 301 g/mol. The molecular weight excluding hydrogens is 277 g/mol. The third kappa shape index (κ3) is 6.01. The maximum Gasteiger partial charge on any atom is 0.150 e. The van der Waals surface area contributed by atoms with Gasteiger partial charge in [-0.2, -0.15) is 0 Å². The Morgan fingerprint density at radius 2 is 1.95 bits per heavy atom. The van der Waals surface area contributed by atoms with E-state index in [4.69, 9.17) is 0 Å². The summed E-state index contributed by atoms with van der Waals surface area (Å²) >= 11 is 0. The fourth-order valence-electron chi connectivity index (χ4n) is 2.30. The van der Waals surface area contributed by atoms with E-state index in [1.807, 2.05) is 20.0 Å². The molecule has 0 spiro atoms. The maximum atomic E-state index is 13.6. The smallest absolute Gasteiger partial charge is 0.150 e. The molecule has 0 aliphatic heterocycles. The van der Waals surface area contributed by atoms with Crippen molar-refractivity contribution in [1.29, 1.82) is 0 Å². The van der Waals surface area contributed by atoms with E-state index in [0.717, 1.165) is 0 Å². The predicted octanol–water partition coefficient (Wildman–Crippen LogP) is 2.42. The van der Waals surface area contributed by atoms with Crippen LogP contribution in [0.25, 0.3) is 0 Å². The van der Waals surface area contributed by atoms with E-state index in [9.17, 15) is 12.8 Å². The van der Waals surface area contributed by atoms with Crippen molar-refractivity contribution in [2.75, 3.05) is 25.1 Å². The largest absolute Gasteiger partial charge is 0.319 e. The van der Waals surface area contributed by atoms with Gasteiger partial charge in [-0.05, 0) is 50.4 Å². The summed E-state index contributed by atoms with van der Waals surface area (Å²) in [6.45, 7) is 2.55. The summed E-state index contributed by atoms with van der Waals surface area (Å²) in [6, 6.07) is 6.68. The highest BCUT2D eigenvalue weighted by Crippen LogP contribution is 2.16. The summed E-state index contributed by atoms with van der Waals surface area (Å²) in [7, 11) is -1.14. The lowest BCUT2D eigenvalue weighted by molar-refractivity contribution is 0.467. The zero-order chi connectivity index (χ0) is 15.0. The summed E-state index contributed by atoms with van der Waals surface area (Å²) in [5.74, 6) is 0.328. The van der Waals surface area contributed by atoms with Crippen molar-refractivity contribution in [2.24, 2.45) is 5.92 Å². The third-order valence-electron chi connectivity index (χ3n) is 3.31. The van der Waals surface area contributed by atoms with E-state index in [1.54, 1.807) is 12.1 Å². The SMILES string of the molecule is CCCS(=O)(=O)CCC(CNC)Cc1ccccc1F. The van der Waals surface area contributed by atoms with Gasteiger partial charge in [-0.1, -0.05) is 25.1 Å². The van der Waals surface area contributed by atoms with Crippen LogP contribution in [0.5, 0.6) is 0 Å². The molecule has 3 nitrogen and oxygen atoms in total. The van der Waals surface area contributed by atoms with Gasteiger partial charge in [-0.25, -0.2) is 12.8 Å². The number of hydrogen-bond donors (Lipinski definition) is 1. The van der Waals surface area contributed by atoms with Crippen molar-refractivity contribution in [2.45, 2.75) is 26.2 Å². The van der Waals surface area contributed by atoms with Crippen molar-refractivity contribution in [3.8, 4) is 0 Å².